The number of primary amides is 1. The number of aliphatic hydroxyl groups excluding tert-OH is 1. The number of carboxylic acids is 2. The van der Waals surface area contributed by atoms with Crippen molar-refractivity contribution >= 4 is 35.6 Å². The van der Waals surface area contributed by atoms with Gasteiger partial charge >= 0.3 is 11.9 Å². The smallest absolute Gasteiger partial charge is 0.326 e. The van der Waals surface area contributed by atoms with Crippen molar-refractivity contribution in [1.82, 2.24) is 25.9 Å². The fourth-order valence-corrected chi connectivity index (χ4v) is 2.98. The molecule has 16 nitrogen and oxygen atoms in total. The van der Waals surface area contributed by atoms with E-state index in [-0.39, 0.29) is 32.1 Å². The predicted molar refractivity (Wildman–Crippen MR) is 121 cm³/mol. The summed E-state index contributed by atoms with van der Waals surface area (Å²) < 4.78 is 0. The average Bonchev–Trinajstić information content (AvgIpc) is 3.30. The van der Waals surface area contributed by atoms with Gasteiger partial charge in [0.15, 0.2) is 0 Å². The Morgan fingerprint density at radius 3 is 2.11 bits per heavy atom. The van der Waals surface area contributed by atoms with E-state index >= 15 is 0 Å². The maximum Gasteiger partial charge on any atom is 0.326 e. The van der Waals surface area contributed by atoms with Crippen molar-refractivity contribution in [1.29, 1.82) is 0 Å². The second kappa shape index (κ2) is 14.4. The highest BCUT2D eigenvalue weighted by Crippen LogP contribution is 2.05. The summed E-state index contributed by atoms with van der Waals surface area (Å²) in [5.74, 6) is -6.21. The summed E-state index contributed by atoms with van der Waals surface area (Å²) in [7, 11) is 0. The second-order valence-electron chi connectivity index (χ2n) is 8.01. The molecule has 0 aliphatic carbocycles. The van der Waals surface area contributed by atoms with Crippen LogP contribution in [0.3, 0.4) is 0 Å². The number of aliphatic hydroxyl groups is 1. The molecule has 11 N–H and O–H groups in total. The van der Waals surface area contributed by atoms with Gasteiger partial charge in [0.1, 0.15) is 18.1 Å². The van der Waals surface area contributed by atoms with Crippen LogP contribution in [0.5, 0.6) is 0 Å². The lowest BCUT2D eigenvalue weighted by Crippen LogP contribution is -2.60. The number of rotatable bonds is 16. The summed E-state index contributed by atoms with van der Waals surface area (Å²) >= 11 is 0. The Bertz CT molecular complexity index is 936. The first-order valence-electron chi connectivity index (χ1n) is 10.9. The maximum atomic E-state index is 13.0. The standard InChI is InChI=1S/C20H31N7O9/c1-9(28)16(19(34)25-12(20(35)36)3-4-14(22)29)27-18(33)13(6-10-7-23-8-24-10)26-17(32)11(21)2-5-15(30)31/h7-9,11-13,16,28H,2-6,21H2,1H3,(H2,22,29)(H,23,24)(H,25,34)(H,26,32)(H,27,33)(H,30,31)(H,35,36). The van der Waals surface area contributed by atoms with Crippen LogP contribution in [0.4, 0.5) is 0 Å². The number of hydrogen-bond acceptors (Lipinski definition) is 9. The van der Waals surface area contributed by atoms with Crippen LogP contribution >= 0.6 is 0 Å². The monoisotopic (exact) mass is 513 g/mol. The Morgan fingerprint density at radius 2 is 1.61 bits per heavy atom. The van der Waals surface area contributed by atoms with Crippen molar-refractivity contribution < 1.29 is 44.1 Å². The summed E-state index contributed by atoms with van der Waals surface area (Å²) in [6.07, 6.45) is -0.126. The number of imidazole rings is 1. The molecule has 1 aromatic heterocycles. The van der Waals surface area contributed by atoms with Crippen molar-refractivity contribution in [2.45, 2.75) is 69.3 Å². The average molecular weight is 514 g/mol. The fraction of sp³-hybridized carbons (Fsp3) is 0.550. The molecular weight excluding hydrogens is 482 g/mol. The molecule has 5 atom stereocenters. The summed E-state index contributed by atoms with van der Waals surface area (Å²) in [5, 5.41) is 34.9. The molecule has 0 saturated heterocycles. The lowest BCUT2D eigenvalue weighted by molar-refractivity contribution is -0.143. The van der Waals surface area contributed by atoms with E-state index in [4.69, 9.17) is 16.6 Å². The molecular formula is C20H31N7O9. The third-order valence-electron chi connectivity index (χ3n) is 4.97. The molecule has 0 aromatic carbocycles. The van der Waals surface area contributed by atoms with E-state index in [1.807, 2.05) is 0 Å². The molecule has 0 saturated carbocycles. The number of aromatic amines is 1. The molecule has 1 heterocycles. The summed E-state index contributed by atoms with van der Waals surface area (Å²) in [5.41, 5.74) is 11.1. The highest BCUT2D eigenvalue weighted by Gasteiger charge is 2.33. The number of carbonyl (C=O) groups excluding carboxylic acids is 4. The molecule has 1 aromatic rings. The summed E-state index contributed by atoms with van der Waals surface area (Å²) in [6, 6.07) is -5.71. The molecule has 0 spiro atoms. The lowest BCUT2D eigenvalue weighted by Gasteiger charge is -2.26. The van der Waals surface area contributed by atoms with Crippen molar-refractivity contribution in [3.63, 3.8) is 0 Å². The normalized spacial score (nSPS) is 15.0. The number of H-pyrrole nitrogens is 1. The molecule has 5 unspecified atom stereocenters. The minimum absolute atomic E-state index is 0.131. The van der Waals surface area contributed by atoms with Crippen molar-refractivity contribution in [3.05, 3.63) is 18.2 Å². The predicted octanol–water partition coefficient (Wildman–Crippen LogP) is -3.67. The Morgan fingerprint density at radius 1 is 0.972 bits per heavy atom. The van der Waals surface area contributed by atoms with Crippen LogP contribution in [0.25, 0.3) is 0 Å². The number of nitrogens with zero attached hydrogens (tertiary/aromatic N) is 1. The van der Waals surface area contributed by atoms with Crippen LogP contribution < -0.4 is 27.4 Å². The van der Waals surface area contributed by atoms with Crippen LogP contribution in [0.1, 0.15) is 38.3 Å². The Balaban J connectivity index is 2.99. The number of nitrogens with one attached hydrogen (secondary N) is 4. The fourth-order valence-electron chi connectivity index (χ4n) is 2.98. The lowest BCUT2D eigenvalue weighted by atomic mass is 10.1. The molecule has 0 aliphatic heterocycles. The van der Waals surface area contributed by atoms with E-state index in [0.717, 1.165) is 0 Å². The van der Waals surface area contributed by atoms with Gasteiger partial charge in [0.2, 0.25) is 23.6 Å². The van der Waals surface area contributed by atoms with Gasteiger partial charge in [0.25, 0.3) is 0 Å². The van der Waals surface area contributed by atoms with Crippen molar-refractivity contribution in [2.75, 3.05) is 0 Å². The number of aliphatic carboxylic acids is 2. The summed E-state index contributed by atoms with van der Waals surface area (Å²) in [4.78, 5) is 77.7. The SMILES string of the molecule is CC(O)C(NC(=O)C(Cc1cnc[nH]1)NC(=O)C(N)CCC(=O)O)C(=O)NC(CCC(N)=O)C(=O)O. The Labute approximate surface area is 205 Å². The van der Waals surface area contributed by atoms with Crippen LogP contribution in [-0.2, 0) is 35.2 Å². The van der Waals surface area contributed by atoms with E-state index in [1.165, 1.54) is 19.4 Å². The van der Waals surface area contributed by atoms with Gasteiger partial charge in [0.05, 0.1) is 18.5 Å². The first kappa shape index (κ1) is 30.0. The first-order valence-corrected chi connectivity index (χ1v) is 10.9. The molecule has 16 heteroatoms. The van der Waals surface area contributed by atoms with Gasteiger partial charge in [-0.05, 0) is 19.8 Å². The number of amides is 4. The quantitative estimate of drug-likeness (QED) is 0.104. The van der Waals surface area contributed by atoms with Gasteiger partial charge in [-0.25, -0.2) is 9.78 Å². The highest BCUT2D eigenvalue weighted by molar-refractivity contribution is 5.94. The third kappa shape index (κ3) is 10.5. The largest absolute Gasteiger partial charge is 0.481 e. The number of carbonyl (C=O) groups is 6. The Kier molecular flexibility index (Phi) is 12.0. The van der Waals surface area contributed by atoms with Gasteiger partial charge < -0.3 is 47.7 Å². The third-order valence-corrected chi connectivity index (χ3v) is 4.97. The minimum atomic E-state index is -1.63. The van der Waals surface area contributed by atoms with Gasteiger partial charge in [0, 0.05) is 31.2 Å². The molecule has 0 radical (unpaired) electrons. The van der Waals surface area contributed by atoms with E-state index in [9.17, 15) is 39.0 Å². The molecule has 36 heavy (non-hydrogen) atoms. The number of aromatic nitrogens is 2. The molecule has 200 valence electrons. The van der Waals surface area contributed by atoms with E-state index in [1.54, 1.807) is 0 Å². The van der Waals surface area contributed by atoms with Crippen molar-refractivity contribution in [2.24, 2.45) is 11.5 Å². The second-order valence-corrected chi connectivity index (χ2v) is 8.01. The Hall–Kier alpha value is -4.05. The molecule has 0 bridgehead atoms. The minimum Gasteiger partial charge on any atom is -0.481 e. The molecule has 0 fully saturated rings. The van der Waals surface area contributed by atoms with Gasteiger partial charge in [-0.15, -0.1) is 0 Å². The van der Waals surface area contributed by atoms with E-state index < -0.39 is 65.8 Å². The van der Waals surface area contributed by atoms with Gasteiger partial charge in [-0.1, -0.05) is 0 Å². The zero-order valence-electron chi connectivity index (χ0n) is 19.5. The topological polar surface area (TPSA) is 280 Å². The van der Waals surface area contributed by atoms with E-state index in [2.05, 4.69) is 25.9 Å². The van der Waals surface area contributed by atoms with Crippen LogP contribution in [0.2, 0.25) is 0 Å². The number of nitrogens with two attached hydrogens (primary N) is 2. The maximum absolute atomic E-state index is 13.0. The zero-order valence-corrected chi connectivity index (χ0v) is 19.5. The van der Waals surface area contributed by atoms with Crippen LogP contribution in [-0.4, -0.2) is 91.1 Å². The first-order chi connectivity index (χ1) is 16.8. The van der Waals surface area contributed by atoms with E-state index in [0.29, 0.717) is 5.69 Å². The van der Waals surface area contributed by atoms with Crippen LogP contribution in [0.15, 0.2) is 12.5 Å². The molecule has 1 rings (SSSR count). The number of carboxylic acid groups (broad SMARTS) is 2. The summed E-state index contributed by atoms with van der Waals surface area (Å²) in [6.45, 7) is 1.17. The van der Waals surface area contributed by atoms with Gasteiger partial charge in [-0.2, -0.15) is 0 Å². The zero-order chi connectivity index (χ0) is 27.4. The highest BCUT2D eigenvalue weighted by atomic mass is 16.4. The molecule has 0 aliphatic rings. The van der Waals surface area contributed by atoms with Crippen molar-refractivity contribution in [3.8, 4) is 0 Å². The number of hydrogen-bond donors (Lipinski definition) is 9. The van der Waals surface area contributed by atoms with Crippen LogP contribution in [0, 0.1) is 0 Å². The molecule has 4 amide bonds. The van der Waals surface area contributed by atoms with Gasteiger partial charge in [-0.3, -0.25) is 24.0 Å².